The topological polar surface area (TPSA) is 66.4 Å². The second-order valence-electron chi connectivity index (χ2n) is 4.61. The lowest BCUT2D eigenvalue weighted by molar-refractivity contribution is -0.141. The number of carbonyl (C=O) groups is 2. The Kier molecular flexibility index (Phi) is 7.61. The minimum atomic E-state index is -0.883. The lowest BCUT2D eigenvalue weighted by atomic mass is 10.0. The van der Waals surface area contributed by atoms with Crippen LogP contribution in [0.1, 0.15) is 37.0 Å². The van der Waals surface area contributed by atoms with E-state index in [0.717, 1.165) is 17.1 Å². The van der Waals surface area contributed by atoms with Crippen molar-refractivity contribution in [2.24, 2.45) is 5.92 Å². The van der Waals surface area contributed by atoms with Gasteiger partial charge in [-0.1, -0.05) is 31.9 Å². The molecule has 0 aliphatic rings. The summed E-state index contributed by atoms with van der Waals surface area (Å²) < 4.78 is 0. The van der Waals surface area contributed by atoms with Crippen molar-refractivity contribution < 1.29 is 14.7 Å². The van der Waals surface area contributed by atoms with Crippen LogP contribution in [0.3, 0.4) is 0 Å². The van der Waals surface area contributed by atoms with Crippen LogP contribution in [0, 0.1) is 5.92 Å². The highest BCUT2D eigenvalue weighted by atomic mass is 35.5. The number of aliphatic carboxylic acids is 1. The average Bonchev–Trinajstić information content (AvgIpc) is 2.44. The summed E-state index contributed by atoms with van der Waals surface area (Å²) >= 11 is 7.49. The summed E-state index contributed by atoms with van der Waals surface area (Å²) in [4.78, 5) is 24.2. The molecule has 1 atom stereocenters. The van der Waals surface area contributed by atoms with Gasteiger partial charge in [-0.3, -0.25) is 9.59 Å². The van der Waals surface area contributed by atoms with Gasteiger partial charge in [-0.25, -0.2) is 0 Å². The summed E-state index contributed by atoms with van der Waals surface area (Å²) in [6, 6.07) is 5.17. The molecule has 21 heavy (non-hydrogen) atoms. The number of carboxylic acids is 1. The van der Waals surface area contributed by atoms with Gasteiger partial charge in [0.25, 0.3) is 5.91 Å². The van der Waals surface area contributed by atoms with Crippen LogP contribution in [-0.4, -0.2) is 29.3 Å². The highest BCUT2D eigenvalue weighted by Gasteiger charge is 2.19. The summed E-state index contributed by atoms with van der Waals surface area (Å²) in [6.45, 7) is 4.05. The molecule has 0 radical (unpaired) electrons. The Balaban J connectivity index is 2.79. The summed E-state index contributed by atoms with van der Waals surface area (Å²) in [5, 5.41) is 12.3. The van der Waals surface area contributed by atoms with Gasteiger partial charge >= 0.3 is 5.97 Å². The van der Waals surface area contributed by atoms with Crippen molar-refractivity contribution in [3.8, 4) is 0 Å². The van der Waals surface area contributed by atoms with E-state index in [0.29, 0.717) is 17.0 Å². The Morgan fingerprint density at radius 3 is 2.67 bits per heavy atom. The second kappa shape index (κ2) is 8.95. The van der Waals surface area contributed by atoms with Crippen LogP contribution in [0.5, 0.6) is 0 Å². The number of benzene rings is 1. The van der Waals surface area contributed by atoms with E-state index in [2.05, 4.69) is 5.32 Å². The van der Waals surface area contributed by atoms with Crippen LogP contribution in [-0.2, 0) is 4.79 Å². The van der Waals surface area contributed by atoms with E-state index in [1.54, 1.807) is 23.9 Å². The van der Waals surface area contributed by atoms with E-state index in [4.69, 9.17) is 16.7 Å². The van der Waals surface area contributed by atoms with E-state index in [1.165, 1.54) is 0 Å². The van der Waals surface area contributed by atoms with Gasteiger partial charge in [-0.05, 0) is 30.4 Å². The third-order valence-corrected chi connectivity index (χ3v) is 4.17. The van der Waals surface area contributed by atoms with Crippen molar-refractivity contribution in [3.05, 3.63) is 28.8 Å². The number of amides is 1. The van der Waals surface area contributed by atoms with Crippen molar-refractivity contribution in [1.82, 2.24) is 5.32 Å². The monoisotopic (exact) mass is 329 g/mol. The predicted molar refractivity (Wildman–Crippen MR) is 86.2 cm³/mol. The Labute approximate surface area is 134 Å². The summed E-state index contributed by atoms with van der Waals surface area (Å²) in [7, 11) is 0. The Morgan fingerprint density at radius 2 is 2.10 bits per heavy atom. The molecule has 2 N–H and O–H groups in total. The highest BCUT2D eigenvalue weighted by molar-refractivity contribution is 7.99. The van der Waals surface area contributed by atoms with Crippen molar-refractivity contribution in [3.63, 3.8) is 0 Å². The molecule has 0 heterocycles. The second-order valence-corrected chi connectivity index (χ2v) is 6.35. The van der Waals surface area contributed by atoms with Gasteiger partial charge in [0.1, 0.15) is 0 Å². The Hall–Kier alpha value is -1.20. The standard InChI is InChI=1S/C15H20ClNO3S/c1-3-5-10(15(19)20)9-17-14(18)12-8-11(16)6-7-13(12)21-4-2/h6-8,10H,3-5,9H2,1-2H3,(H,17,18)(H,19,20). The fourth-order valence-electron chi connectivity index (χ4n) is 1.93. The van der Waals surface area contributed by atoms with Crippen molar-refractivity contribution in [1.29, 1.82) is 0 Å². The van der Waals surface area contributed by atoms with Gasteiger partial charge in [0.15, 0.2) is 0 Å². The number of carbonyl (C=O) groups excluding carboxylic acids is 1. The van der Waals surface area contributed by atoms with Gasteiger partial charge in [-0.2, -0.15) is 0 Å². The van der Waals surface area contributed by atoms with Crippen LogP contribution < -0.4 is 5.32 Å². The molecule has 6 heteroatoms. The maximum absolute atomic E-state index is 12.2. The third-order valence-electron chi connectivity index (χ3n) is 2.98. The average molecular weight is 330 g/mol. The minimum absolute atomic E-state index is 0.130. The van der Waals surface area contributed by atoms with Gasteiger partial charge < -0.3 is 10.4 Å². The smallest absolute Gasteiger partial charge is 0.308 e. The van der Waals surface area contributed by atoms with Gasteiger partial charge in [-0.15, -0.1) is 11.8 Å². The summed E-state index contributed by atoms with van der Waals surface area (Å²) in [5.74, 6) is -0.877. The molecule has 0 aliphatic heterocycles. The zero-order valence-corrected chi connectivity index (χ0v) is 13.8. The maximum Gasteiger partial charge on any atom is 0.308 e. The first kappa shape index (κ1) is 17.9. The van der Waals surface area contributed by atoms with Crippen LogP contribution in [0.2, 0.25) is 5.02 Å². The third kappa shape index (κ3) is 5.59. The number of hydrogen-bond acceptors (Lipinski definition) is 3. The molecule has 0 aromatic heterocycles. The van der Waals surface area contributed by atoms with Gasteiger partial charge in [0.05, 0.1) is 11.5 Å². The maximum atomic E-state index is 12.2. The molecule has 0 fully saturated rings. The molecule has 1 unspecified atom stereocenters. The molecular weight excluding hydrogens is 310 g/mol. The lowest BCUT2D eigenvalue weighted by Gasteiger charge is -2.14. The first-order valence-electron chi connectivity index (χ1n) is 6.92. The van der Waals surface area contributed by atoms with Crippen molar-refractivity contribution in [2.45, 2.75) is 31.6 Å². The first-order valence-corrected chi connectivity index (χ1v) is 8.29. The molecular formula is C15H20ClNO3S. The SMILES string of the molecule is CCCC(CNC(=O)c1cc(Cl)ccc1SCC)C(=O)O. The zero-order chi connectivity index (χ0) is 15.8. The molecule has 0 bridgehead atoms. The van der Waals surface area contributed by atoms with E-state index >= 15 is 0 Å². The van der Waals surface area contributed by atoms with Gasteiger partial charge in [0, 0.05) is 16.5 Å². The van der Waals surface area contributed by atoms with E-state index in [9.17, 15) is 9.59 Å². The quantitative estimate of drug-likeness (QED) is 0.714. The molecule has 4 nitrogen and oxygen atoms in total. The van der Waals surface area contributed by atoms with E-state index in [-0.39, 0.29) is 12.5 Å². The number of carboxylic acid groups (broad SMARTS) is 1. The van der Waals surface area contributed by atoms with E-state index in [1.807, 2.05) is 19.9 Å². The molecule has 116 valence electrons. The molecule has 1 amide bonds. The minimum Gasteiger partial charge on any atom is -0.481 e. The first-order chi connectivity index (χ1) is 9.99. The fraction of sp³-hybridized carbons (Fsp3) is 0.467. The molecule has 1 aromatic rings. The number of halogens is 1. The van der Waals surface area contributed by atoms with Gasteiger partial charge in [0.2, 0.25) is 0 Å². The normalized spacial score (nSPS) is 12.0. The largest absolute Gasteiger partial charge is 0.481 e. The van der Waals surface area contributed by atoms with E-state index < -0.39 is 11.9 Å². The van der Waals surface area contributed by atoms with Crippen molar-refractivity contribution in [2.75, 3.05) is 12.3 Å². The number of hydrogen-bond donors (Lipinski definition) is 2. The van der Waals surface area contributed by atoms with Crippen LogP contribution in [0.4, 0.5) is 0 Å². The number of nitrogens with one attached hydrogen (secondary N) is 1. The lowest BCUT2D eigenvalue weighted by Crippen LogP contribution is -2.33. The molecule has 0 spiro atoms. The molecule has 1 aromatic carbocycles. The summed E-state index contributed by atoms with van der Waals surface area (Å²) in [5.41, 5.74) is 0.495. The predicted octanol–water partition coefficient (Wildman–Crippen LogP) is 3.68. The molecule has 0 saturated carbocycles. The Morgan fingerprint density at radius 1 is 1.38 bits per heavy atom. The van der Waals surface area contributed by atoms with Crippen LogP contribution in [0.15, 0.2) is 23.1 Å². The fourth-order valence-corrected chi connectivity index (χ4v) is 2.89. The molecule has 0 aliphatic carbocycles. The zero-order valence-electron chi connectivity index (χ0n) is 12.2. The van der Waals surface area contributed by atoms with Crippen LogP contribution >= 0.6 is 23.4 Å². The van der Waals surface area contributed by atoms with Crippen molar-refractivity contribution >= 4 is 35.2 Å². The summed E-state index contributed by atoms with van der Waals surface area (Å²) in [6.07, 6.45) is 1.31. The number of thioether (sulfide) groups is 1. The number of rotatable bonds is 8. The molecule has 0 saturated heterocycles. The highest BCUT2D eigenvalue weighted by Crippen LogP contribution is 2.25. The molecule has 1 rings (SSSR count). The van der Waals surface area contributed by atoms with Crippen LogP contribution in [0.25, 0.3) is 0 Å². The Bertz CT molecular complexity index is 508.